The molecule has 0 aliphatic heterocycles. The predicted octanol–water partition coefficient (Wildman–Crippen LogP) is 4.45. The summed E-state index contributed by atoms with van der Waals surface area (Å²) < 4.78 is 18.6. The number of hydrogen-bond acceptors (Lipinski definition) is 2. The number of benzene rings is 2. The first-order chi connectivity index (χ1) is 8.60. The Morgan fingerprint density at radius 3 is 2.56 bits per heavy atom. The van der Waals surface area contributed by atoms with E-state index in [-0.39, 0.29) is 5.82 Å². The maximum atomic E-state index is 13.0. The van der Waals surface area contributed by atoms with E-state index in [0.29, 0.717) is 27.6 Å². The first-order valence-corrected chi connectivity index (χ1v) is 5.61. The SMILES string of the molecule is Cc1cc(F)ccc1Oc1ccc(Cl)cc1C#N. The summed E-state index contributed by atoms with van der Waals surface area (Å²) in [5.41, 5.74) is 1.00. The van der Waals surface area contributed by atoms with Gasteiger partial charge in [-0.05, 0) is 48.9 Å². The summed E-state index contributed by atoms with van der Waals surface area (Å²) in [4.78, 5) is 0. The largest absolute Gasteiger partial charge is 0.456 e. The molecule has 0 radical (unpaired) electrons. The number of ether oxygens (including phenoxy) is 1. The van der Waals surface area contributed by atoms with Gasteiger partial charge in [-0.2, -0.15) is 5.26 Å². The Hall–Kier alpha value is -2.05. The van der Waals surface area contributed by atoms with Crippen molar-refractivity contribution in [1.82, 2.24) is 0 Å². The zero-order valence-corrected chi connectivity index (χ0v) is 10.3. The van der Waals surface area contributed by atoms with E-state index >= 15 is 0 Å². The number of rotatable bonds is 2. The zero-order chi connectivity index (χ0) is 13.1. The molecular formula is C14H9ClFNO. The highest BCUT2D eigenvalue weighted by molar-refractivity contribution is 6.30. The summed E-state index contributed by atoms with van der Waals surface area (Å²) in [6, 6.07) is 11.0. The van der Waals surface area contributed by atoms with Gasteiger partial charge in [-0.1, -0.05) is 11.6 Å². The van der Waals surface area contributed by atoms with E-state index in [0.717, 1.165) is 0 Å². The molecule has 0 N–H and O–H groups in total. The summed E-state index contributed by atoms with van der Waals surface area (Å²) >= 11 is 5.79. The highest BCUT2D eigenvalue weighted by Crippen LogP contribution is 2.29. The van der Waals surface area contributed by atoms with Crippen LogP contribution in [0.1, 0.15) is 11.1 Å². The van der Waals surface area contributed by atoms with Crippen molar-refractivity contribution in [3.8, 4) is 17.6 Å². The molecule has 2 aromatic carbocycles. The van der Waals surface area contributed by atoms with Crippen LogP contribution < -0.4 is 4.74 Å². The van der Waals surface area contributed by atoms with Crippen LogP contribution in [0.3, 0.4) is 0 Å². The van der Waals surface area contributed by atoms with E-state index in [2.05, 4.69) is 0 Å². The van der Waals surface area contributed by atoms with Crippen LogP contribution in [0.2, 0.25) is 5.02 Å². The molecule has 0 aliphatic rings. The molecule has 0 aliphatic carbocycles. The van der Waals surface area contributed by atoms with Crippen molar-refractivity contribution in [1.29, 1.82) is 5.26 Å². The lowest BCUT2D eigenvalue weighted by Crippen LogP contribution is -1.91. The molecule has 0 fully saturated rings. The smallest absolute Gasteiger partial charge is 0.145 e. The molecule has 2 rings (SSSR count). The highest BCUT2D eigenvalue weighted by Gasteiger charge is 2.07. The average Bonchev–Trinajstić information content (AvgIpc) is 2.34. The van der Waals surface area contributed by atoms with Crippen LogP contribution in [-0.2, 0) is 0 Å². The molecule has 0 unspecified atom stereocenters. The standard InChI is InChI=1S/C14H9ClFNO/c1-9-6-12(16)3-5-13(9)18-14-4-2-11(15)7-10(14)8-17/h2-7H,1H3. The molecule has 0 bridgehead atoms. The van der Waals surface area contributed by atoms with Crippen LogP contribution in [-0.4, -0.2) is 0 Å². The Kier molecular flexibility index (Phi) is 3.50. The first-order valence-electron chi connectivity index (χ1n) is 5.24. The second kappa shape index (κ2) is 5.07. The normalized spacial score (nSPS) is 9.89. The summed E-state index contributed by atoms with van der Waals surface area (Å²) in [5.74, 6) is 0.586. The zero-order valence-electron chi connectivity index (χ0n) is 9.58. The quantitative estimate of drug-likeness (QED) is 0.800. The van der Waals surface area contributed by atoms with Gasteiger partial charge in [0.1, 0.15) is 23.4 Å². The van der Waals surface area contributed by atoms with Gasteiger partial charge in [0.05, 0.1) is 5.56 Å². The van der Waals surface area contributed by atoms with Gasteiger partial charge in [0.25, 0.3) is 0 Å². The number of hydrogen-bond donors (Lipinski definition) is 0. The summed E-state index contributed by atoms with van der Waals surface area (Å²) in [7, 11) is 0. The van der Waals surface area contributed by atoms with Crippen LogP contribution in [0, 0.1) is 24.1 Å². The van der Waals surface area contributed by atoms with Crippen molar-refractivity contribution < 1.29 is 9.13 Å². The van der Waals surface area contributed by atoms with Crippen molar-refractivity contribution in [3.05, 3.63) is 58.4 Å². The number of nitriles is 1. The Labute approximate surface area is 109 Å². The van der Waals surface area contributed by atoms with Gasteiger partial charge in [0, 0.05) is 5.02 Å². The lowest BCUT2D eigenvalue weighted by molar-refractivity contribution is 0.475. The number of nitrogens with zero attached hydrogens (tertiary/aromatic N) is 1. The Morgan fingerprint density at radius 2 is 1.89 bits per heavy atom. The summed E-state index contributed by atoms with van der Waals surface area (Å²) in [6.45, 7) is 1.74. The van der Waals surface area contributed by atoms with Crippen molar-refractivity contribution in [3.63, 3.8) is 0 Å². The number of aryl methyl sites for hydroxylation is 1. The molecule has 0 spiro atoms. The van der Waals surface area contributed by atoms with Crippen LogP contribution in [0.5, 0.6) is 11.5 Å². The van der Waals surface area contributed by atoms with Gasteiger partial charge in [-0.25, -0.2) is 4.39 Å². The minimum atomic E-state index is -0.323. The van der Waals surface area contributed by atoms with E-state index in [4.69, 9.17) is 21.6 Å². The fourth-order valence-electron chi connectivity index (χ4n) is 1.52. The van der Waals surface area contributed by atoms with E-state index < -0.39 is 0 Å². The van der Waals surface area contributed by atoms with Crippen molar-refractivity contribution >= 4 is 11.6 Å². The Balaban J connectivity index is 2.37. The van der Waals surface area contributed by atoms with Gasteiger partial charge in [-0.3, -0.25) is 0 Å². The maximum absolute atomic E-state index is 13.0. The van der Waals surface area contributed by atoms with E-state index in [1.807, 2.05) is 6.07 Å². The maximum Gasteiger partial charge on any atom is 0.145 e. The summed E-state index contributed by atoms with van der Waals surface area (Å²) in [6.07, 6.45) is 0. The van der Waals surface area contributed by atoms with Crippen molar-refractivity contribution in [2.45, 2.75) is 6.92 Å². The van der Waals surface area contributed by atoms with Gasteiger partial charge >= 0.3 is 0 Å². The molecule has 0 saturated carbocycles. The van der Waals surface area contributed by atoms with Gasteiger partial charge < -0.3 is 4.74 Å². The lowest BCUT2D eigenvalue weighted by Gasteiger charge is -2.10. The highest BCUT2D eigenvalue weighted by atomic mass is 35.5. The molecule has 0 amide bonds. The lowest BCUT2D eigenvalue weighted by atomic mass is 10.2. The molecule has 2 nitrogen and oxygen atoms in total. The van der Waals surface area contributed by atoms with Crippen molar-refractivity contribution in [2.75, 3.05) is 0 Å². The second-order valence-electron chi connectivity index (χ2n) is 3.76. The topological polar surface area (TPSA) is 33.0 Å². The third kappa shape index (κ3) is 2.61. The third-order valence-corrected chi connectivity index (χ3v) is 2.65. The Bertz CT molecular complexity index is 634. The van der Waals surface area contributed by atoms with Crippen molar-refractivity contribution in [2.24, 2.45) is 0 Å². The molecule has 2 aromatic rings. The predicted molar refractivity (Wildman–Crippen MR) is 67.4 cm³/mol. The minimum Gasteiger partial charge on any atom is -0.456 e. The molecule has 0 atom stereocenters. The molecule has 18 heavy (non-hydrogen) atoms. The molecule has 4 heteroatoms. The average molecular weight is 262 g/mol. The molecule has 0 aromatic heterocycles. The van der Waals surface area contributed by atoms with Gasteiger partial charge in [0.2, 0.25) is 0 Å². The second-order valence-corrected chi connectivity index (χ2v) is 4.20. The van der Waals surface area contributed by atoms with Gasteiger partial charge in [0.15, 0.2) is 0 Å². The number of halogens is 2. The molecule has 0 heterocycles. The minimum absolute atomic E-state index is 0.323. The van der Waals surface area contributed by atoms with E-state index in [9.17, 15) is 4.39 Å². The van der Waals surface area contributed by atoms with E-state index in [1.165, 1.54) is 24.3 Å². The summed E-state index contributed by atoms with van der Waals surface area (Å²) in [5, 5.41) is 9.45. The Morgan fingerprint density at radius 1 is 1.17 bits per heavy atom. The van der Waals surface area contributed by atoms with Gasteiger partial charge in [-0.15, -0.1) is 0 Å². The fraction of sp³-hybridized carbons (Fsp3) is 0.0714. The fourth-order valence-corrected chi connectivity index (χ4v) is 1.70. The molecule has 90 valence electrons. The monoisotopic (exact) mass is 261 g/mol. The van der Waals surface area contributed by atoms with Crippen LogP contribution in [0.15, 0.2) is 36.4 Å². The van der Waals surface area contributed by atoms with Crippen LogP contribution >= 0.6 is 11.6 Å². The van der Waals surface area contributed by atoms with Crippen LogP contribution in [0.25, 0.3) is 0 Å². The third-order valence-electron chi connectivity index (χ3n) is 2.42. The molecule has 0 saturated heterocycles. The molecular weight excluding hydrogens is 253 g/mol. The first kappa shape index (κ1) is 12.4. The van der Waals surface area contributed by atoms with Crippen LogP contribution in [0.4, 0.5) is 4.39 Å². The van der Waals surface area contributed by atoms with E-state index in [1.54, 1.807) is 19.1 Å².